The highest BCUT2D eigenvalue weighted by Gasteiger charge is 2.32. The number of fused-ring (bicyclic) bond motifs is 1. The minimum Gasteiger partial charge on any atom is -0.493 e. The zero-order valence-electron chi connectivity index (χ0n) is 15.7. The first-order valence-corrected chi connectivity index (χ1v) is 11.6. The van der Waals surface area contributed by atoms with Crippen LogP contribution in [0, 0.1) is 3.57 Å². The molecule has 4 rings (SSSR count). The van der Waals surface area contributed by atoms with Crippen LogP contribution in [0.2, 0.25) is 0 Å². The number of ether oxygens (including phenoxy) is 1. The van der Waals surface area contributed by atoms with Crippen LogP contribution >= 0.6 is 22.6 Å². The van der Waals surface area contributed by atoms with E-state index in [1.54, 1.807) is 12.1 Å². The van der Waals surface area contributed by atoms with Crippen LogP contribution in [-0.2, 0) is 16.2 Å². The number of anilines is 1. The summed E-state index contributed by atoms with van der Waals surface area (Å²) in [6.45, 7) is 0.313. The molecule has 1 atom stereocenters. The lowest BCUT2D eigenvalue weighted by molar-refractivity contribution is -0.137. The SMILES string of the molecule is O=S(=O)(Nc1ncccn1)c1ccc2c(c1)OCC[C@@H]2c1ccc(C(F)(F)F)cc1I. The fraction of sp³-hybridized carbons (Fsp3) is 0.200. The number of aromatic nitrogens is 2. The minimum absolute atomic E-state index is 0.0264. The number of hydrogen-bond donors (Lipinski definition) is 1. The second kappa shape index (κ2) is 8.26. The fourth-order valence-electron chi connectivity index (χ4n) is 3.38. The van der Waals surface area contributed by atoms with Crippen LogP contribution < -0.4 is 9.46 Å². The van der Waals surface area contributed by atoms with Gasteiger partial charge in [0.25, 0.3) is 10.0 Å². The van der Waals surface area contributed by atoms with Crippen molar-refractivity contribution in [1.82, 2.24) is 9.97 Å². The van der Waals surface area contributed by atoms with Gasteiger partial charge in [0.2, 0.25) is 5.95 Å². The Hall–Kier alpha value is -2.41. The molecule has 2 aromatic carbocycles. The molecule has 0 saturated heterocycles. The highest BCUT2D eigenvalue weighted by atomic mass is 127. The Bertz CT molecular complexity index is 1220. The van der Waals surface area contributed by atoms with Crippen LogP contribution in [-0.4, -0.2) is 25.0 Å². The third-order valence-electron chi connectivity index (χ3n) is 4.83. The van der Waals surface area contributed by atoms with Gasteiger partial charge in [0.1, 0.15) is 5.75 Å². The molecular formula is C20H15F3IN3O3S. The van der Waals surface area contributed by atoms with Crippen molar-refractivity contribution >= 4 is 38.6 Å². The highest BCUT2D eigenvalue weighted by Crippen LogP contribution is 2.42. The van der Waals surface area contributed by atoms with Crippen molar-refractivity contribution in [2.24, 2.45) is 0 Å². The first-order chi connectivity index (χ1) is 14.6. The Morgan fingerprint density at radius 2 is 1.77 bits per heavy atom. The van der Waals surface area contributed by atoms with E-state index in [0.717, 1.165) is 23.3 Å². The zero-order chi connectivity index (χ0) is 22.2. The molecule has 0 aliphatic carbocycles. The molecule has 162 valence electrons. The summed E-state index contributed by atoms with van der Waals surface area (Å²) in [4.78, 5) is 7.67. The van der Waals surface area contributed by atoms with E-state index in [4.69, 9.17) is 4.74 Å². The quantitative estimate of drug-likeness (QED) is 0.463. The van der Waals surface area contributed by atoms with E-state index >= 15 is 0 Å². The van der Waals surface area contributed by atoms with Gasteiger partial charge in [-0.2, -0.15) is 13.2 Å². The topological polar surface area (TPSA) is 81.2 Å². The largest absolute Gasteiger partial charge is 0.493 e. The lowest BCUT2D eigenvalue weighted by atomic mass is 9.86. The first-order valence-electron chi connectivity index (χ1n) is 9.08. The fourth-order valence-corrected chi connectivity index (χ4v) is 5.24. The molecule has 1 N–H and O–H groups in total. The van der Waals surface area contributed by atoms with E-state index in [9.17, 15) is 21.6 Å². The van der Waals surface area contributed by atoms with Gasteiger partial charge in [-0.25, -0.2) is 23.1 Å². The van der Waals surface area contributed by atoms with E-state index in [-0.39, 0.29) is 16.8 Å². The van der Waals surface area contributed by atoms with E-state index in [0.29, 0.717) is 22.3 Å². The number of hydrogen-bond acceptors (Lipinski definition) is 5. The van der Waals surface area contributed by atoms with Gasteiger partial charge in [0.05, 0.1) is 17.1 Å². The van der Waals surface area contributed by atoms with Crippen LogP contribution in [0.25, 0.3) is 0 Å². The molecule has 0 radical (unpaired) electrons. The second-order valence-electron chi connectivity index (χ2n) is 6.80. The number of benzene rings is 2. The summed E-state index contributed by atoms with van der Waals surface area (Å²) in [5, 5.41) is 0. The van der Waals surface area contributed by atoms with Crippen molar-refractivity contribution in [3.8, 4) is 5.75 Å². The van der Waals surface area contributed by atoms with Gasteiger partial charge in [-0.15, -0.1) is 0 Å². The van der Waals surface area contributed by atoms with Gasteiger partial charge in [0, 0.05) is 33.5 Å². The Morgan fingerprint density at radius 3 is 2.45 bits per heavy atom. The van der Waals surface area contributed by atoms with Crippen molar-refractivity contribution in [3.63, 3.8) is 0 Å². The Morgan fingerprint density at radius 1 is 1.06 bits per heavy atom. The summed E-state index contributed by atoms with van der Waals surface area (Å²) in [5.41, 5.74) is 0.756. The Kier molecular flexibility index (Phi) is 5.81. The van der Waals surface area contributed by atoms with Crippen LogP contribution in [0.1, 0.15) is 29.0 Å². The molecule has 1 aromatic heterocycles. The molecule has 0 spiro atoms. The number of sulfonamides is 1. The number of nitrogens with zero attached hydrogens (tertiary/aromatic N) is 2. The third kappa shape index (κ3) is 4.61. The average Bonchev–Trinajstić information content (AvgIpc) is 2.73. The molecule has 11 heteroatoms. The summed E-state index contributed by atoms with van der Waals surface area (Å²) < 4.78 is 72.8. The van der Waals surface area contributed by atoms with Crippen molar-refractivity contribution in [2.75, 3.05) is 11.3 Å². The molecule has 0 amide bonds. The van der Waals surface area contributed by atoms with E-state index < -0.39 is 21.8 Å². The van der Waals surface area contributed by atoms with Gasteiger partial charge in [0.15, 0.2) is 0 Å². The number of nitrogens with one attached hydrogen (secondary N) is 1. The molecular weight excluding hydrogens is 546 g/mol. The molecule has 0 fully saturated rings. The van der Waals surface area contributed by atoms with E-state index in [1.165, 1.54) is 30.6 Å². The van der Waals surface area contributed by atoms with Crippen LogP contribution in [0.3, 0.4) is 0 Å². The summed E-state index contributed by atoms with van der Waals surface area (Å²) in [6, 6.07) is 9.69. The lowest BCUT2D eigenvalue weighted by Gasteiger charge is -2.28. The van der Waals surface area contributed by atoms with Crippen LogP contribution in [0.5, 0.6) is 5.75 Å². The number of alkyl halides is 3. The predicted octanol–water partition coefficient (Wildman–Crippen LogP) is 4.82. The van der Waals surface area contributed by atoms with Crippen molar-refractivity contribution < 1.29 is 26.3 Å². The highest BCUT2D eigenvalue weighted by molar-refractivity contribution is 14.1. The predicted molar refractivity (Wildman–Crippen MR) is 115 cm³/mol. The lowest BCUT2D eigenvalue weighted by Crippen LogP contribution is -2.19. The molecule has 2 heterocycles. The van der Waals surface area contributed by atoms with Gasteiger partial charge in [-0.3, -0.25) is 0 Å². The summed E-state index contributed by atoms with van der Waals surface area (Å²) in [7, 11) is -3.94. The Balaban J connectivity index is 1.66. The third-order valence-corrected chi connectivity index (χ3v) is 7.09. The first kappa shape index (κ1) is 21.8. The standard InChI is InChI=1S/C20H15F3IN3O3S/c21-20(22,23)12-2-4-15(17(24)10-12)14-6-9-30-18-11-13(3-5-16(14)18)31(28,29)27-19-25-7-1-8-26-19/h1-5,7-8,10-11,14H,6,9H2,(H,25,26,27)/t14-/m1/s1. The summed E-state index contributed by atoms with van der Waals surface area (Å²) in [5.74, 6) is 0.113. The maximum absolute atomic E-state index is 13.0. The maximum Gasteiger partial charge on any atom is 0.416 e. The van der Waals surface area contributed by atoms with Gasteiger partial charge >= 0.3 is 6.18 Å². The maximum atomic E-state index is 13.0. The van der Waals surface area contributed by atoms with Gasteiger partial charge in [-0.05, 0) is 58.8 Å². The van der Waals surface area contributed by atoms with Crippen LogP contribution in [0.15, 0.2) is 59.8 Å². The molecule has 1 aliphatic rings. The second-order valence-corrected chi connectivity index (χ2v) is 9.65. The molecule has 1 aliphatic heterocycles. The van der Waals surface area contributed by atoms with Crippen molar-refractivity contribution in [1.29, 1.82) is 0 Å². The zero-order valence-corrected chi connectivity index (χ0v) is 18.7. The number of halogens is 4. The van der Waals surface area contributed by atoms with Crippen LogP contribution in [0.4, 0.5) is 19.1 Å². The monoisotopic (exact) mass is 561 g/mol. The Labute approximate surface area is 190 Å². The summed E-state index contributed by atoms with van der Waals surface area (Å²) >= 11 is 1.90. The van der Waals surface area contributed by atoms with Gasteiger partial charge < -0.3 is 4.74 Å². The average molecular weight is 561 g/mol. The summed E-state index contributed by atoms with van der Waals surface area (Å²) in [6.07, 6.45) is -1.02. The molecule has 0 bridgehead atoms. The normalized spacial score (nSPS) is 16.3. The molecule has 6 nitrogen and oxygen atoms in total. The molecule has 0 saturated carbocycles. The smallest absolute Gasteiger partial charge is 0.416 e. The van der Waals surface area contributed by atoms with Crippen molar-refractivity contribution in [3.05, 3.63) is 75.1 Å². The minimum atomic E-state index is -4.41. The number of rotatable bonds is 4. The molecule has 31 heavy (non-hydrogen) atoms. The molecule has 3 aromatic rings. The molecule has 0 unspecified atom stereocenters. The van der Waals surface area contributed by atoms with Gasteiger partial charge in [-0.1, -0.05) is 12.1 Å². The van der Waals surface area contributed by atoms with E-state index in [1.807, 2.05) is 22.6 Å². The van der Waals surface area contributed by atoms with Crippen molar-refractivity contribution in [2.45, 2.75) is 23.4 Å². The van der Waals surface area contributed by atoms with E-state index in [2.05, 4.69) is 14.7 Å².